The van der Waals surface area contributed by atoms with Crippen molar-refractivity contribution in [3.8, 4) is 0 Å². The van der Waals surface area contributed by atoms with Crippen LogP contribution in [0.3, 0.4) is 0 Å². The van der Waals surface area contributed by atoms with Gasteiger partial charge in [0.25, 0.3) is 5.91 Å². The summed E-state index contributed by atoms with van der Waals surface area (Å²) in [7, 11) is -3.70. The molecule has 2 aromatic carbocycles. The molecule has 5 nitrogen and oxygen atoms in total. The molecule has 8 heteroatoms. The highest BCUT2D eigenvalue weighted by Crippen LogP contribution is 2.21. The first-order chi connectivity index (χ1) is 11.5. The fourth-order valence-electron chi connectivity index (χ4n) is 2.09. The zero-order valence-electron chi connectivity index (χ0n) is 13.9. The SMILES string of the molecule is CC(C)(C)NS(=O)(=O)c1cccc(NC(=O)c2cc(Cl)cc(Cl)c2)c1. The highest BCUT2D eigenvalue weighted by Gasteiger charge is 2.22. The number of benzene rings is 2. The number of amides is 1. The van der Waals surface area contributed by atoms with Crippen LogP contribution in [-0.4, -0.2) is 19.9 Å². The van der Waals surface area contributed by atoms with Gasteiger partial charge >= 0.3 is 0 Å². The summed E-state index contributed by atoms with van der Waals surface area (Å²) in [6.45, 7) is 5.25. The number of sulfonamides is 1. The van der Waals surface area contributed by atoms with Gasteiger partial charge in [0.2, 0.25) is 10.0 Å². The molecule has 25 heavy (non-hydrogen) atoms. The molecule has 0 aliphatic rings. The Labute approximate surface area is 157 Å². The lowest BCUT2D eigenvalue weighted by molar-refractivity contribution is 0.102. The molecule has 0 atom stereocenters. The Morgan fingerprint density at radius 1 is 1.00 bits per heavy atom. The molecule has 0 unspecified atom stereocenters. The van der Waals surface area contributed by atoms with Crippen LogP contribution < -0.4 is 10.0 Å². The average molecular weight is 401 g/mol. The van der Waals surface area contributed by atoms with E-state index in [0.29, 0.717) is 15.7 Å². The molecule has 2 aromatic rings. The molecule has 2 N–H and O–H groups in total. The van der Waals surface area contributed by atoms with Gasteiger partial charge in [0.05, 0.1) is 4.90 Å². The Kier molecular flexibility index (Phi) is 5.79. The minimum atomic E-state index is -3.70. The predicted molar refractivity (Wildman–Crippen MR) is 101 cm³/mol. The molecule has 0 aliphatic carbocycles. The normalized spacial score (nSPS) is 12.0. The molecule has 1 amide bonds. The van der Waals surface area contributed by atoms with Gasteiger partial charge in [-0.2, -0.15) is 0 Å². The first kappa shape index (κ1) is 19.7. The second kappa shape index (κ2) is 7.33. The van der Waals surface area contributed by atoms with Crippen LogP contribution in [0.15, 0.2) is 47.4 Å². The number of carbonyl (C=O) groups excluding carboxylic acids is 1. The van der Waals surface area contributed by atoms with E-state index in [0.717, 1.165) is 0 Å². The maximum atomic E-state index is 12.4. The fraction of sp³-hybridized carbons (Fsp3) is 0.235. The Bertz CT molecular complexity index is 886. The van der Waals surface area contributed by atoms with Crippen molar-refractivity contribution in [2.75, 3.05) is 5.32 Å². The molecule has 0 aromatic heterocycles. The molecule has 0 aliphatic heterocycles. The van der Waals surface area contributed by atoms with E-state index in [1.165, 1.54) is 30.3 Å². The Morgan fingerprint density at radius 3 is 2.16 bits per heavy atom. The van der Waals surface area contributed by atoms with Crippen LogP contribution in [-0.2, 0) is 10.0 Å². The molecule has 2 rings (SSSR count). The minimum Gasteiger partial charge on any atom is -0.322 e. The number of hydrogen-bond acceptors (Lipinski definition) is 3. The van der Waals surface area contributed by atoms with Gasteiger partial charge in [0.15, 0.2) is 0 Å². The Hall–Kier alpha value is -1.60. The third kappa shape index (κ3) is 5.71. The lowest BCUT2D eigenvalue weighted by atomic mass is 10.1. The van der Waals surface area contributed by atoms with Crippen LogP contribution in [0.1, 0.15) is 31.1 Å². The van der Waals surface area contributed by atoms with E-state index in [-0.39, 0.29) is 10.5 Å². The second-order valence-electron chi connectivity index (χ2n) is 6.50. The molecule has 0 heterocycles. The number of carbonyl (C=O) groups is 1. The maximum absolute atomic E-state index is 12.4. The third-order valence-corrected chi connectivity index (χ3v) is 5.16. The number of nitrogens with one attached hydrogen (secondary N) is 2. The minimum absolute atomic E-state index is 0.0596. The molecular formula is C17H18Cl2N2O3S. The van der Waals surface area contributed by atoms with Crippen molar-refractivity contribution >= 4 is 44.8 Å². The van der Waals surface area contributed by atoms with E-state index in [1.54, 1.807) is 32.9 Å². The highest BCUT2D eigenvalue weighted by molar-refractivity contribution is 7.89. The quantitative estimate of drug-likeness (QED) is 0.801. The monoisotopic (exact) mass is 400 g/mol. The van der Waals surface area contributed by atoms with Crippen molar-refractivity contribution in [3.63, 3.8) is 0 Å². The fourth-order valence-corrected chi connectivity index (χ4v) is 4.08. The van der Waals surface area contributed by atoms with E-state index < -0.39 is 21.5 Å². The zero-order valence-corrected chi connectivity index (χ0v) is 16.3. The lowest BCUT2D eigenvalue weighted by Crippen LogP contribution is -2.40. The molecule has 0 radical (unpaired) electrons. The van der Waals surface area contributed by atoms with Crippen LogP contribution in [0.5, 0.6) is 0 Å². The summed E-state index contributed by atoms with van der Waals surface area (Å²) in [5.41, 5.74) is 0.00627. The first-order valence-corrected chi connectivity index (χ1v) is 9.62. The van der Waals surface area contributed by atoms with Crippen LogP contribution in [0.4, 0.5) is 5.69 Å². The zero-order chi connectivity index (χ0) is 18.8. The average Bonchev–Trinajstić information content (AvgIpc) is 2.44. The van der Waals surface area contributed by atoms with Crippen molar-refractivity contribution in [2.24, 2.45) is 0 Å². The smallest absolute Gasteiger partial charge is 0.255 e. The topological polar surface area (TPSA) is 75.3 Å². The summed E-state index contributed by atoms with van der Waals surface area (Å²) in [6.07, 6.45) is 0. The molecule has 0 saturated carbocycles. The van der Waals surface area contributed by atoms with Gasteiger partial charge in [-0.25, -0.2) is 13.1 Å². The molecule has 0 fully saturated rings. The van der Waals surface area contributed by atoms with E-state index in [9.17, 15) is 13.2 Å². The van der Waals surface area contributed by atoms with Crippen LogP contribution in [0.25, 0.3) is 0 Å². The van der Waals surface area contributed by atoms with E-state index in [1.807, 2.05) is 0 Å². The lowest BCUT2D eigenvalue weighted by Gasteiger charge is -2.20. The standard InChI is InChI=1S/C17H18Cl2N2O3S/c1-17(2,3)21-25(23,24)15-6-4-5-14(10-15)20-16(22)11-7-12(18)9-13(19)8-11/h4-10,21H,1-3H3,(H,20,22). The number of halogens is 2. The van der Waals surface area contributed by atoms with Gasteiger partial charge in [-0.1, -0.05) is 29.3 Å². The van der Waals surface area contributed by atoms with Crippen molar-refractivity contribution in [3.05, 3.63) is 58.1 Å². The van der Waals surface area contributed by atoms with Gasteiger partial charge in [-0.05, 0) is 57.2 Å². The van der Waals surface area contributed by atoms with Crippen LogP contribution >= 0.6 is 23.2 Å². The van der Waals surface area contributed by atoms with E-state index >= 15 is 0 Å². The summed E-state index contributed by atoms with van der Waals surface area (Å²) in [4.78, 5) is 12.4. The van der Waals surface area contributed by atoms with E-state index in [4.69, 9.17) is 23.2 Å². The van der Waals surface area contributed by atoms with Crippen molar-refractivity contribution in [2.45, 2.75) is 31.2 Å². The van der Waals surface area contributed by atoms with Gasteiger partial charge in [-0.3, -0.25) is 4.79 Å². The summed E-state index contributed by atoms with van der Waals surface area (Å²) in [5.74, 6) is -0.442. The van der Waals surface area contributed by atoms with Gasteiger partial charge in [0, 0.05) is 26.8 Å². The third-order valence-electron chi connectivity index (χ3n) is 2.97. The molecule has 0 spiro atoms. The largest absolute Gasteiger partial charge is 0.322 e. The number of rotatable bonds is 4. The van der Waals surface area contributed by atoms with Crippen molar-refractivity contribution in [1.29, 1.82) is 0 Å². The summed E-state index contributed by atoms with van der Waals surface area (Å²) in [6, 6.07) is 10.5. The Balaban J connectivity index is 2.26. The van der Waals surface area contributed by atoms with Gasteiger partial charge in [0.1, 0.15) is 0 Å². The highest BCUT2D eigenvalue weighted by atomic mass is 35.5. The predicted octanol–water partition coefficient (Wildman–Crippen LogP) is 4.32. The summed E-state index contributed by atoms with van der Waals surface area (Å²) < 4.78 is 27.3. The van der Waals surface area contributed by atoms with Gasteiger partial charge in [-0.15, -0.1) is 0 Å². The number of hydrogen-bond donors (Lipinski definition) is 2. The first-order valence-electron chi connectivity index (χ1n) is 7.38. The maximum Gasteiger partial charge on any atom is 0.255 e. The van der Waals surface area contributed by atoms with Crippen LogP contribution in [0, 0.1) is 0 Å². The molecule has 0 bridgehead atoms. The van der Waals surface area contributed by atoms with Crippen LogP contribution in [0.2, 0.25) is 10.0 Å². The summed E-state index contributed by atoms with van der Waals surface area (Å²) in [5, 5.41) is 3.31. The van der Waals surface area contributed by atoms with Gasteiger partial charge < -0.3 is 5.32 Å². The molecule has 0 saturated heterocycles. The van der Waals surface area contributed by atoms with Crippen molar-refractivity contribution < 1.29 is 13.2 Å². The second-order valence-corrected chi connectivity index (χ2v) is 9.05. The summed E-state index contributed by atoms with van der Waals surface area (Å²) >= 11 is 11.8. The molecule has 134 valence electrons. The Morgan fingerprint density at radius 2 is 1.60 bits per heavy atom. The number of anilines is 1. The van der Waals surface area contributed by atoms with Crippen molar-refractivity contribution in [1.82, 2.24) is 4.72 Å². The molecular weight excluding hydrogens is 383 g/mol. The van der Waals surface area contributed by atoms with E-state index in [2.05, 4.69) is 10.0 Å².